The van der Waals surface area contributed by atoms with Crippen molar-refractivity contribution in [3.05, 3.63) is 73.0 Å². The van der Waals surface area contributed by atoms with E-state index in [4.69, 9.17) is 9.15 Å². The summed E-state index contributed by atoms with van der Waals surface area (Å²) in [6, 6.07) is 20.5. The minimum Gasteiger partial charge on any atom is -0.461 e. The van der Waals surface area contributed by atoms with Gasteiger partial charge >= 0.3 is 0 Å². The third kappa shape index (κ3) is 5.39. The number of nitrogens with zero attached hydrogens (tertiary/aromatic N) is 3. The van der Waals surface area contributed by atoms with Crippen molar-refractivity contribution in [2.45, 2.75) is 25.5 Å². The van der Waals surface area contributed by atoms with Crippen LogP contribution in [0, 0.1) is 5.92 Å². The average Bonchev–Trinajstić information content (AvgIpc) is 3.44. The molecular formula is C24H24N4O3S. The minimum atomic E-state index is -0.155. The van der Waals surface area contributed by atoms with E-state index in [-0.39, 0.29) is 11.7 Å². The lowest BCUT2D eigenvalue weighted by atomic mass is 10.2. The molecule has 0 saturated carbocycles. The number of thioether (sulfide) groups is 1. The number of furan rings is 1. The SMILES string of the molecule is CC(C)Cn1c(SCC(=O)Nc2ccccc2Oc2ccccc2)nnc1-c1ccco1. The summed E-state index contributed by atoms with van der Waals surface area (Å²) in [5.74, 6) is 3.02. The van der Waals surface area contributed by atoms with Crippen LogP contribution in [0.1, 0.15) is 13.8 Å². The molecule has 4 rings (SSSR count). The standard InChI is InChI=1S/C24H24N4O3S/c1-17(2)15-28-23(21-13-8-14-30-21)26-27-24(28)32-16-22(29)25-19-11-6-7-12-20(19)31-18-9-4-3-5-10-18/h3-14,17H,15-16H2,1-2H3,(H,25,29). The fourth-order valence-electron chi connectivity index (χ4n) is 3.10. The smallest absolute Gasteiger partial charge is 0.234 e. The molecular weight excluding hydrogens is 424 g/mol. The van der Waals surface area contributed by atoms with Gasteiger partial charge in [0.1, 0.15) is 5.75 Å². The number of benzene rings is 2. The molecule has 4 aromatic rings. The topological polar surface area (TPSA) is 82.2 Å². The molecule has 2 heterocycles. The number of hydrogen-bond donors (Lipinski definition) is 1. The van der Waals surface area contributed by atoms with Gasteiger partial charge in [-0.2, -0.15) is 0 Å². The van der Waals surface area contributed by atoms with Crippen LogP contribution in [0.4, 0.5) is 5.69 Å². The minimum absolute atomic E-state index is 0.155. The van der Waals surface area contributed by atoms with E-state index in [9.17, 15) is 4.79 Å². The molecule has 0 fully saturated rings. The molecule has 2 aromatic heterocycles. The maximum absolute atomic E-state index is 12.7. The van der Waals surface area contributed by atoms with Gasteiger partial charge in [-0.3, -0.25) is 9.36 Å². The Morgan fingerprint density at radius 2 is 1.84 bits per heavy atom. The maximum Gasteiger partial charge on any atom is 0.234 e. The summed E-state index contributed by atoms with van der Waals surface area (Å²) < 4.78 is 13.4. The number of carbonyl (C=O) groups is 1. The monoisotopic (exact) mass is 448 g/mol. The zero-order chi connectivity index (χ0) is 22.3. The summed E-state index contributed by atoms with van der Waals surface area (Å²) in [7, 11) is 0. The second kappa shape index (κ2) is 10.2. The van der Waals surface area contributed by atoms with Crippen LogP contribution in [0.2, 0.25) is 0 Å². The summed E-state index contributed by atoms with van der Waals surface area (Å²) >= 11 is 1.34. The first-order valence-electron chi connectivity index (χ1n) is 10.3. The molecule has 0 saturated heterocycles. The predicted molar refractivity (Wildman–Crippen MR) is 125 cm³/mol. The molecule has 164 valence electrons. The van der Waals surface area contributed by atoms with Crippen LogP contribution < -0.4 is 10.1 Å². The highest BCUT2D eigenvalue weighted by Crippen LogP contribution is 2.30. The lowest BCUT2D eigenvalue weighted by Gasteiger charge is -2.13. The Hall–Kier alpha value is -3.52. The van der Waals surface area contributed by atoms with Gasteiger partial charge in [0.2, 0.25) is 5.91 Å². The first-order valence-corrected chi connectivity index (χ1v) is 11.3. The lowest BCUT2D eigenvalue weighted by Crippen LogP contribution is -2.15. The second-order valence-electron chi connectivity index (χ2n) is 7.54. The highest BCUT2D eigenvalue weighted by Gasteiger charge is 2.18. The van der Waals surface area contributed by atoms with E-state index in [2.05, 4.69) is 29.4 Å². The van der Waals surface area contributed by atoms with Crippen molar-refractivity contribution in [3.8, 4) is 23.1 Å². The number of aromatic nitrogens is 3. The van der Waals surface area contributed by atoms with E-state index in [1.54, 1.807) is 6.26 Å². The van der Waals surface area contributed by atoms with Crippen LogP contribution in [-0.4, -0.2) is 26.4 Å². The van der Waals surface area contributed by atoms with Gasteiger partial charge in [0.25, 0.3) is 0 Å². The molecule has 0 spiro atoms. The highest BCUT2D eigenvalue weighted by molar-refractivity contribution is 7.99. The number of anilines is 1. The Labute approximate surface area is 190 Å². The molecule has 0 radical (unpaired) electrons. The van der Waals surface area contributed by atoms with Gasteiger partial charge in [-0.15, -0.1) is 10.2 Å². The first kappa shape index (κ1) is 21.7. The van der Waals surface area contributed by atoms with Gasteiger partial charge in [0.05, 0.1) is 17.7 Å². The summed E-state index contributed by atoms with van der Waals surface area (Å²) in [5.41, 5.74) is 0.613. The third-order valence-corrected chi connectivity index (χ3v) is 5.44. The highest BCUT2D eigenvalue weighted by atomic mass is 32.2. The van der Waals surface area contributed by atoms with Crippen molar-refractivity contribution >= 4 is 23.4 Å². The van der Waals surface area contributed by atoms with Crippen molar-refractivity contribution in [1.82, 2.24) is 14.8 Å². The van der Waals surface area contributed by atoms with Gasteiger partial charge in [0.15, 0.2) is 22.5 Å². The van der Waals surface area contributed by atoms with Crippen molar-refractivity contribution in [3.63, 3.8) is 0 Å². The molecule has 0 bridgehead atoms. The van der Waals surface area contributed by atoms with Crippen LogP contribution in [0.5, 0.6) is 11.5 Å². The van der Waals surface area contributed by atoms with Crippen LogP contribution in [0.15, 0.2) is 82.6 Å². The van der Waals surface area contributed by atoms with Gasteiger partial charge < -0.3 is 14.5 Å². The first-order chi connectivity index (χ1) is 15.6. The van der Waals surface area contributed by atoms with Gasteiger partial charge in [-0.05, 0) is 42.3 Å². The van der Waals surface area contributed by atoms with E-state index in [1.807, 2.05) is 71.3 Å². The number of ether oxygens (including phenoxy) is 1. The Morgan fingerprint density at radius 1 is 1.06 bits per heavy atom. The fourth-order valence-corrected chi connectivity index (χ4v) is 3.85. The van der Waals surface area contributed by atoms with Crippen LogP contribution >= 0.6 is 11.8 Å². The number of hydrogen-bond acceptors (Lipinski definition) is 6. The zero-order valence-corrected chi connectivity index (χ0v) is 18.7. The number of nitrogens with one attached hydrogen (secondary N) is 1. The fraction of sp³-hybridized carbons (Fsp3) is 0.208. The number of rotatable bonds is 9. The van der Waals surface area contributed by atoms with Crippen LogP contribution in [0.3, 0.4) is 0 Å². The molecule has 0 atom stereocenters. The molecule has 0 aliphatic rings. The molecule has 1 N–H and O–H groups in total. The van der Waals surface area contributed by atoms with Crippen molar-refractivity contribution in [2.75, 3.05) is 11.1 Å². The Morgan fingerprint density at radius 3 is 2.59 bits per heavy atom. The molecule has 8 heteroatoms. The summed E-state index contributed by atoms with van der Waals surface area (Å²) in [5, 5.41) is 12.2. The van der Waals surface area contributed by atoms with Crippen LogP contribution in [0.25, 0.3) is 11.6 Å². The Bertz CT molecular complexity index is 1160. The van der Waals surface area contributed by atoms with Crippen LogP contribution in [-0.2, 0) is 11.3 Å². The van der Waals surface area contributed by atoms with E-state index in [0.717, 1.165) is 6.54 Å². The van der Waals surface area contributed by atoms with E-state index < -0.39 is 0 Å². The number of para-hydroxylation sites is 3. The maximum atomic E-state index is 12.7. The molecule has 7 nitrogen and oxygen atoms in total. The molecule has 32 heavy (non-hydrogen) atoms. The zero-order valence-electron chi connectivity index (χ0n) is 17.9. The summed E-state index contributed by atoms with van der Waals surface area (Å²) in [6.45, 7) is 4.97. The van der Waals surface area contributed by atoms with Crippen molar-refractivity contribution < 1.29 is 13.9 Å². The lowest BCUT2D eigenvalue weighted by molar-refractivity contribution is -0.113. The molecule has 0 aliphatic heterocycles. The summed E-state index contributed by atoms with van der Waals surface area (Å²) in [4.78, 5) is 12.7. The van der Waals surface area contributed by atoms with Gasteiger partial charge in [0, 0.05) is 6.54 Å². The number of carbonyl (C=O) groups excluding carboxylic acids is 1. The van der Waals surface area contributed by atoms with Gasteiger partial charge in [-0.1, -0.05) is 55.9 Å². The number of amides is 1. The Balaban J connectivity index is 1.44. The van der Waals surface area contributed by atoms with E-state index in [1.165, 1.54) is 11.8 Å². The molecule has 0 aliphatic carbocycles. The average molecular weight is 449 g/mol. The van der Waals surface area contributed by atoms with E-state index >= 15 is 0 Å². The predicted octanol–water partition coefficient (Wildman–Crippen LogP) is 5.72. The molecule has 0 unspecified atom stereocenters. The van der Waals surface area contributed by atoms with Gasteiger partial charge in [-0.25, -0.2) is 0 Å². The third-order valence-electron chi connectivity index (χ3n) is 4.47. The Kier molecular flexibility index (Phi) is 6.91. The van der Waals surface area contributed by atoms with E-state index in [0.29, 0.717) is 39.8 Å². The van der Waals surface area contributed by atoms with Crippen molar-refractivity contribution in [1.29, 1.82) is 0 Å². The second-order valence-corrected chi connectivity index (χ2v) is 8.48. The molecule has 1 amide bonds. The normalized spacial score (nSPS) is 11.0. The molecule has 2 aromatic carbocycles. The van der Waals surface area contributed by atoms with Crippen molar-refractivity contribution in [2.24, 2.45) is 5.92 Å². The largest absolute Gasteiger partial charge is 0.461 e. The summed E-state index contributed by atoms with van der Waals surface area (Å²) in [6.07, 6.45) is 1.61. The quantitative estimate of drug-likeness (QED) is 0.330.